The topological polar surface area (TPSA) is 106 Å². The van der Waals surface area contributed by atoms with Crippen molar-refractivity contribution in [3.8, 4) is 5.75 Å². The molecule has 0 saturated carbocycles. The van der Waals surface area contributed by atoms with Crippen LogP contribution in [0, 0.1) is 0 Å². The van der Waals surface area contributed by atoms with Crippen molar-refractivity contribution in [1.29, 1.82) is 0 Å². The van der Waals surface area contributed by atoms with Crippen LogP contribution >= 0.6 is 34.4 Å². The number of thiophene rings is 1. The normalized spacial score (nSPS) is 10.6. The second-order valence-corrected chi connectivity index (χ2v) is 9.27. The molecule has 0 saturated heterocycles. The van der Waals surface area contributed by atoms with E-state index in [4.69, 9.17) is 9.15 Å². The first-order chi connectivity index (χ1) is 15.2. The summed E-state index contributed by atoms with van der Waals surface area (Å²) >= 11 is 4.58. The second kappa shape index (κ2) is 10.2. The van der Waals surface area contributed by atoms with E-state index in [0.29, 0.717) is 16.6 Å². The SMILES string of the molecule is O=C(COc1cccc(NC(=O)c2ccco2)c1)Nc1nnc(SCc2cccs2)s1. The number of thioether (sulfide) groups is 1. The summed E-state index contributed by atoms with van der Waals surface area (Å²) in [7, 11) is 0. The second-order valence-electron chi connectivity index (χ2n) is 6.04. The van der Waals surface area contributed by atoms with Crippen molar-refractivity contribution in [3.05, 3.63) is 70.8 Å². The molecule has 0 spiro atoms. The number of benzene rings is 1. The van der Waals surface area contributed by atoms with Crippen LogP contribution in [0.25, 0.3) is 0 Å². The van der Waals surface area contributed by atoms with Gasteiger partial charge in [0.25, 0.3) is 11.8 Å². The number of furan rings is 1. The molecule has 0 aliphatic heterocycles. The third-order valence-corrected chi connectivity index (χ3v) is 6.86. The summed E-state index contributed by atoms with van der Waals surface area (Å²) in [6, 6.07) is 14.0. The first-order valence-corrected chi connectivity index (χ1v) is 11.7. The summed E-state index contributed by atoms with van der Waals surface area (Å²) in [6.45, 7) is -0.202. The van der Waals surface area contributed by atoms with Crippen molar-refractivity contribution in [2.24, 2.45) is 0 Å². The van der Waals surface area contributed by atoms with Crippen LogP contribution in [0.3, 0.4) is 0 Å². The van der Waals surface area contributed by atoms with Gasteiger partial charge in [-0.05, 0) is 35.7 Å². The van der Waals surface area contributed by atoms with Gasteiger partial charge in [0.15, 0.2) is 16.7 Å². The predicted octanol–water partition coefficient (Wildman–Crippen LogP) is 4.75. The van der Waals surface area contributed by atoms with Crippen LogP contribution < -0.4 is 15.4 Å². The number of amides is 2. The van der Waals surface area contributed by atoms with Gasteiger partial charge in [-0.15, -0.1) is 21.5 Å². The lowest BCUT2D eigenvalue weighted by Crippen LogP contribution is -2.20. The van der Waals surface area contributed by atoms with E-state index in [1.807, 2.05) is 11.4 Å². The molecule has 2 N–H and O–H groups in total. The number of anilines is 2. The van der Waals surface area contributed by atoms with Crippen molar-refractivity contribution in [1.82, 2.24) is 10.2 Å². The van der Waals surface area contributed by atoms with E-state index in [1.54, 1.807) is 59.5 Å². The molecular weight excluding hydrogens is 456 g/mol. The summed E-state index contributed by atoms with van der Waals surface area (Å²) in [4.78, 5) is 25.5. The summed E-state index contributed by atoms with van der Waals surface area (Å²) < 4.78 is 11.4. The Bertz CT molecular complexity index is 1140. The van der Waals surface area contributed by atoms with Gasteiger partial charge in [-0.1, -0.05) is 35.2 Å². The number of hydrogen-bond donors (Lipinski definition) is 2. The number of ether oxygens (including phenoxy) is 1. The van der Waals surface area contributed by atoms with Crippen molar-refractivity contribution < 1.29 is 18.7 Å². The maximum Gasteiger partial charge on any atom is 0.291 e. The minimum atomic E-state index is -0.371. The third kappa shape index (κ3) is 6.17. The fourth-order valence-corrected chi connectivity index (χ4v) is 4.96. The highest BCUT2D eigenvalue weighted by Gasteiger charge is 2.11. The van der Waals surface area contributed by atoms with Crippen molar-refractivity contribution in [2.75, 3.05) is 17.2 Å². The Morgan fingerprint density at radius 3 is 2.84 bits per heavy atom. The zero-order valence-corrected chi connectivity index (χ0v) is 18.4. The summed E-state index contributed by atoms with van der Waals surface area (Å²) in [6.07, 6.45) is 1.43. The number of aromatic nitrogens is 2. The van der Waals surface area contributed by atoms with Gasteiger partial charge >= 0.3 is 0 Å². The Kier molecular flexibility index (Phi) is 6.97. The van der Waals surface area contributed by atoms with Gasteiger partial charge in [-0.25, -0.2) is 0 Å². The standard InChI is InChI=1S/C20H16N4O4S3/c25-17(22-19-23-24-20(31-19)30-12-15-6-3-9-29-15)11-28-14-5-1-4-13(10-14)21-18(26)16-7-2-8-27-16/h1-10H,11-12H2,(H,21,26)(H,22,23,25). The fraction of sp³-hybridized carbons (Fsp3) is 0.100. The van der Waals surface area contributed by atoms with Crippen LogP contribution in [0.15, 0.2) is 68.9 Å². The summed E-state index contributed by atoms with van der Waals surface area (Å²) in [5.74, 6) is 0.739. The molecule has 2 amide bonds. The van der Waals surface area contributed by atoms with Crippen LogP contribution in [0.5, 0.6) is 5.75 Å². The molecule has 0 unspecified atom stereocenters. The molecule has 0 bridgehead atoms. The Balaban J connectivity index is 1.25. The van der Waals surface area contributed by atoms with Crippen molar-refractivity contribution in [3.63, 3.8) is 0 Å². The molecule has 4 aromatic rings. The highest BCUT2D eigenvalue weighted by Crippen LogP contribution is 2.29. The number of rotatable bonds is 9. The number of nitrogens with one attached hydrogen (secondary N) is 2. The molecule has 3 heterocycles. The highest BCUT2D eigenvalue weighted by molar-refractivity contribution is 8.00. The lowest BCUT2D eigenvalue weighted by atomic mass is 10.3. The van der Waals surface area contributed by atoms with Gasteiger partial charge in [0.1, 0.15) is 5.75 Å². The largest absolute Gasteiger partial charge is 0.484 e. The smallest absolute Gasteiger partial charge is 0.291 e. The molecule has 0 atom stereocenters. The lowest BCUT2D eigenvalue weighted by molar-refractivity contribution is -0.118. The average Bonchev–Trinajstić information content (AvgIpc) is 3.54. The molecule has 3 aromatic heterocycles. The molecule has 8 nitrogen and oxygen atoms in total. The van der Waals surface area contributed by atoms with Crippen molar-refractivity contribution >= 4 is 57.1 Å². The Labute approximate surface area is 189 Å². The molecule has 31 heavy (non-hydrogen) atoms. The van der Waals surface area contributed by atoms with Crippen LogP contribution in [0.1, 0.15) is 15.4 Å². The molecular formula is C20H16N4O4S3. The quantitative estimate of drug-likeness (QED) is 0.267. The molecule has 158 valence electrons. The van der Waals surface area contributed by atoms with Crippen LogP contribution in [0.2, 0.25) is 0 Å². The molecule has 0 radical (unpaired) electrons. The van der Waals surface area contributed by atoms with Crippen molar-refractivity contribution in [2.45, 2.75) is 10.1 Å². The maximum absolute atomic E-state index is 12.2. The molecule has 1 aromatic carbocycles. The first kappa shape index (κ1) is 21.1. The first-order valence-electron chi connectivity index (χ1n) is 9.02. The zero-order valence-electron chi connectivity index (χ0n) is 15.9. The Morgan fingerprint density at radius 1 is 1.10 bits per heavy atom. The molecule has 0 aliphatic carbocycles. The van der Waals surface area contributed by atoms with Crippen LogP contribution in [0.4, 0.5) is 10.8 Å². The van der Waals surface area contributed by atoms with Crippen LogP contribution in [-0.4, -0.2) is 28.6 Å². The fourth-order valence-electron chi connectivity index (χ4n) is 2.41. The van der Waals surface area contributed by atoms with Gasteiger partial charge in [-0.3, -0.25) is 14.9 Å². The summed E-state index contributed by atoms with van der Waals surface area (Å²) in [5, 5.41) is 15.9. The highest BCUT2D eigenvalue weighted by atomic mass is 32.2. The Morgan fingerprint density at radius 2 is 2.03 bits per heavy atom. The monoisotopic (exact) mass is 472 g/mol. The van der Waals surface area contributed by atoms with E-state index < -0.39 is 0 Å². The minimum Gasteiger partial charge on any atom is -0.484 e. The van der Waals surface area contributed by atoms with E-state index in [0.717, 1.165) is 10.1 Å². The van der Waals surface area contributed by atoms with Gasteiger partial charge in [0, 0.05) is 22.4 Å². The van der Waals surface area contributed by atoms with E-state index in [9.17, 15) is 9.59 Å². The lowest BCUT2D eigenvalue weighted by Gasteiger charge is -2.08. The third-order valence-electron chi connectivity index (χ3n) is 3.78. The molecule has 0 aliphatic rings. The van der Waals surface area contributed by atoms with Gasteiger partial charge in [-0.2, -0.15) is 0 Å². The molecule has 4 rings (SSSR count). The van der Waals surface area contributed by atoms with E-state index in [1.165, 1.54) is 22.5 Å². The number of hydrogen-bond acceptors (Lipinski definition) is 9. The maximum atomic E-state index is 12.2. The summed E-state index contributed by atoms with van der Waals surface area (Å²) in [5.41, 5.74) is 0.524. The van der Waals surface area contributed by atoms with E-state index >= 15 is 0 Å². The zero-order chi connectivity index (χ0) is 21.5. The Hall–Kier alpha value is -3.15. The van der Waals surface area contributed by atoms with Gasteiger partial charge in [0.05, 0.1) is 6.26 Å². The average molecular weight is 473 g/mol. The van der Waals surface area contributed by atoms with E-state index in [-0.39, 0.29) is 24.2 Å². The van der Waals surface area contributed by atoms with E-state index in [2.05, 4.69) is 26.9 Å². The van der Waals surface area contributed by atoms with Gasteiger partial charge in [0.2, 0.25) is 5.13 Å². The van der Waals surface area contributed by atoms with Gasteiger partial charge < -0.3 is 14.5 Å². The minimum absolute atomic E-state index is 0.202. The van der Waals surface area contributed by atoms with Crippen LogP contribution in [-0.2, 0) is 10.5 Å². The number of carbonyl (C=O) groups is 2. The number of nitrogens with zero attached hydrogens (tertiary/aromatic N) is 2. The number of carbonyl (C=O) groups excluding carboxylic acids is 2. The molecule has 11 heteroatoms. The molecule has 0 fully saturated rings. The predicted molar refractivity (Wildman–Crippen MR) is 121 cm³/mol.